The van der Waals surface area contributed by atoms with Crippen molar-refractivity contribution in [3.8, 4) is 5.69 Å². The van der Waals surface area contributed by atoms with Gasteiger partial charge in [-0.3, -0.25) is 14.7 Å². The molecule has 1 fully saturated rings. The number of morpholine rings is 1. The Morgan fingerprint density at radius 2 is 1.89 bits per heavy atom. The molecule has 0 bridgehead atoms. The van der Waals surface area contributed by atoms with E-state index in [1.54, 1.807) is 17.1 Å². The van der Waals surface area contributed by atoms with Crippen LogP contribution >= 0.6 is 0 Å². The second-order valence-corrected chi connectivity index (χ2v) is 6.51. The summed E-state index contributed by atoms with van der Waals surface area (Å²) in [5.74, 6) is -0.253. The van der Waals surface area contributed by atoms with E-state index >= 15 is 0 Å². The molecule has 1 aliphatic heterocycles. The Balaban J connectivity index is 1.45. The van der Waals surface area contributed by atoms with E-state index in [4.69, 9.17) is 4.74 Å². The number of ether oxygens (including phenoxy) is 1. The van der Waals surface area contributed by atoms with Crippen LogP contribution in [0.25, 0.3) is 5.69 Å². The molecule has 8 heteroatoms. The van der Waals surface area contributed by atoms with Crippen LogP contribution in [0.4, 0.5) is 0 Å². The molecule has 1 N–H and O–H groups in total. The Morgan fingerprint density at radius 1 is 1.11 bits per heavy atom. The molecule has 1 amide bonds. The Kier molecular flexibility index (Phi) is 5.69. The van der Waals surface area contributed by atoms with Gasteiger partial charge in [0.2, 0.25) is 0 Å². The lowest BCUT2D eigenvalue weighted by Crippen LogP contribution is -2.44. The molecule has 1 atom stereocenters. The average Bonchev–Trinajstić information content (AvgIpc) is 3.26. The number of benzene rings is 1. The van der Waals surface area contributed by atoms with Crippen molar-refractivity contribution >= 4 is 5.91 Å². The minimum atomic E-state index is -0.253. The lowest BCUT2D eigenvalue weighted by molar-refractivity contribution is 0.0153. The lowest BCUT2D eigenvalue weighted by Gasteiger charge is -2.34. The molecule has 0 saturated carbocycles. The SMILES string of the molecule is O=C(NC[C@H](c1ccccn1)N1CCOCC1)c1cn(-c2ccccc2)nn1. The first kappa shape index (κ1) is 18.3. The molecule has 1 aliphatic rings. The lowest BCUT2D eigenvalue weighted by atomic mass is 10.1. The molecule has 8 nitrogen and oxygen atoms in total. The van der Waals surface area contributed by atoms with Gasteiger partial charge in [0.05, 0.1) is 36.8 Å². The molecule has 4 rings (SSSR count). The molecular formula is C20H22N6O2. The van der Waals surface area contributed by atoms with E-state index in [9.17, 15) is 4.79 Å². The van der Waals surface area contributed by atoms with Crippen LogP contribution in [0.15, 0.2) is 60.9 Å². The van der Waals surface area contributed by atoms with E-state index in [0.717, 1.165) is 24.5 Å². The van der Waals surface area contributed by atoms with Gasteiger partial charge in [-0.05, 0) is 24.3 Å². The van der Waals surface area contributed by atoms with Crippen molar-refractivity contribution < 1.29 is 9.53 Å². The molecule has 2 aromatic heterocycles. The highest BCUT2D eigenvalue weighted by atomic mass is 16.5. The number of aromatic nitrogens is 4. The number of carbonyl (C=O) groups excluding carboxylic acids is 1. The topological polar surface area (TPSA) is 85.2 Å². The molecule has 28 heavy (non-hydrogen) atoms. The predicted molar refractivity (Wildman–Crippen MR) is 103 cm³/mol. The highest BCUT2D eigenvalue weighted by Gasteiger charge is 2.24. The van der Waals surface area contributed by atoms with Gasteiger partial charge in [-0.2, -0.15) is 0 Å². The summed E-state index contributed by atoms with van der Waals surface area (Å²) in [4.78, 5) is 19.4. The molecule has 0 spiro atoms. The molecule has 144 valence electrons. The summed E-state index contributed by atoms with van der Waals surface area (Å²) in [7, 11) is 0. The fourth-order valence-corrected chi connectivity index (χ4v) is 3.24. The van der Waals surface area contributed by atoms with Crippen LogP contribution in [0, 0.1) is 0 Å². The summed E-state index contributed by atoms with van der Waals surface area (Å²) in [5.41, 5.74) is 2.07. The second-order valence-electron chi connectivity index (χ2n) is 6.51. The molecule has 0 unspecified atom stereocenters. The minimum Gasteiger partial charge on any atom is -0.379 e. The van der Waals surface area contributed by atoms with Gasteiger partial charge in [-0.15, -0.1) is 5.10 Å². The molecular weight excluding hydrogens is 356 g/mol. The summed E-state index contributed by atoms with van der Waals surface area (Å²) in [6, 6.07) is 15.4. The van der Waals surface area contributed by atoms with E-state index in [-0.39, 0.29) is 17.6 Å². The van der Waals surface area contributed by atoms with E-state index in [1.807, 2.05) is 48.5 Å². The van der Waals surface area contributed by atoms with E-state index in [0.29, 0.717) is 19.8 Å². The number of amides is 1. The monoisotopic (exact) mass is 378 g/mol. The van der Waals surface area contributed by atoms with Crippen LogP contribution in [-0.4, -0.2) is 63.6 Å². The van der Waals surface area contributed by atoms with Crippen molar-refractivity contribution in [3.63, 3.8) is 0 Å². The number of carbonyl (C=O) groups is 1. The Bertz CT molecular complexity index is 893. The van der Waals surface area contributed by atoms with E-state index in [2.05, 4.69) is 25.5 Å². The summed E-state index contributed by atoms with van der Waals surface area (Å²) in [5, 5.41) is 11.0. The van der Waals surface area contributed by atoms with Gasteiger partial charge in [-0.25, -0.2) is 4.68 Å². The standard InChI is InChI=1S/C20H22N6O2/c27-20(18-15-26(24-23-18)16-6-2-1-3-7-16)22-14-19(17-8-4-5-9-21-17)25-10-12-28-13-11-25/h1-9,15,19H,10-14H2,(H,22,27)/t19-/m1/s1. The van der Waals surface area contributed by atoms with Crippen molar-refractivity contribution in [3.05, 3.63) is 72.3 Å². The van der Waals surface area contributed by atoms with Gasteiger partial charge in [0.25, 0.3) is 5.91 Å². The van der Waals surface area contributed by atoms with Crippen molar-refractivity contribution in [1.29, 1.82) is 0 Å². The van der Waals surface area contributed by atoms with Crippen LogP contribution < -0.4 is 5.32 Å². The van der Waals surface area contributed by atoms with Crippen LogP contribution in [0.5, 0.6) is 0 Å². The fourth-order valence-electron chi connectivity index (χ4n) is 3.24. The number of hydrogen-bond acceptors (Lipinski definition) is 6. The van der Waals surface area contributed by atoms with Crippen molar-refractivity contribution in [1.82, 2.24) is 30.2 Å². The van der Waals surface area contributed by atoms with Crippen LogP contribution in [0.3, 0.4) is 0 Å². The molecule has 1 saturated heterocycles. The Labute approximate surface area is 163 Å². The van der Waals surface area contributed by atoms with Crippen LogP contribution in [0.1, 0.15) is 22.2 Å². The second kappa shape index (κ2) is 8.73. The number of para-hydroxylation sites is 1. The zero-order valence-electron chi connectivity index (χ0n) is 15.4. The van der Waals surface area contributed by atoms with Gasteiger partial charge in [0.15, 0.2) is 5.69 Å². The Hall–Kier alpha value is -3.10. The molecule has 0 aliphatic carbocycles. The summed E-state index contributed by atoms with van der Waals surface area (Å²) >= 11 is 0. The van der Waals surface area contributed by atoms with Crippen molar-refractivity contribution in [2.45, 2.75) is 6.04 Å². The highest BCUT2D eigenvalue weighted by molar-refractivity contribution is 5.91. The third kappa shape index (κ3) is 4.24. The number of hydrogen-bond donors (Lipinski definition) is 1. The van der Waals surface area contributed by atoms with E-state index in [1.165, 1.54) is 0 Å². The maximum Gasteiger partial charge on any atom is 0.273 e. The first-order chi connectivity index (χ1) is 13.8. The van der Waals surface area contributed by atoms with Gasteiger partial charge in [-0.1, -0.05) is 29.5 Å². The minimum absolute atomic E-state index is 0.0155. The van der Waals surface area contributed by atoms with Gasteiger partial charge >= 0.3 is 0 Å². The number of nitrogens with one attached hydrogen (secondary N) is 1. The number of pyridine rings is 1. The normalized spacial score (nSPS) is 15.9. The first-order valence-electron chi connectivity index (χ1n) is 9.30. The molecule has 0 radical (unpaired) electrons. The van der Waals surface area contributed by atoms with Crippen molar-refractivity contribution in [2.75, 3.05) is 32.8 Å². The fraction of sp³-hybridized carbons (Fsp3) is 0.300. The molecule has 3 aromatic rings. The third-order valence-corrected chi connectivity index (χ3v) is 4.72. The number of rotatable bonds is 6. The van der Waals surface area contributed by atoms with Gasteiger partial charge in [0, 0.05) is 25.8 Å². The van der Waals surface area contributed by atoms with E-state index < -0.39 is 0 Å². The van der Waals surface area contributed by atoms with Crippen LogP contribution in [0.2, 0.25) is 0 Å². The number of nitrogens with zero attached hydrogens (tertiary/aromatic N) is 5. The molecule has 3 heterocycles. The Morgan fingerprint density at radius 3 is 2.64 bits per heavy atom. The third-order valence-electron chi connectivity index (χ3n) is 4.72. The summed E-state index contributed by atoms with van der Waals surface area (Å²) in [6.07, 6.45) is 3.41. The predicted octanol–water partition coefficient (Wildman–Crippen LogP) is 1.47. The quantitative estimate of drug-likeness (QED) is 0.699. The van der Waals surface area contributed by atoms with Gasteiger partial charge in [0.1, 0.15) is 0 Å². The maximum absolute atomic E-state index is 12.6. The van der Waals surface area contributed by atoms with Gasteiger partial charge < -0.3 is 10.1 Å². The zero-order chi connectivity index (χ0) is 19.2. The maximum atomic E-state index is 12.6. The zero-order valence-corrected chi connectivity index (χ0v) is 15.4. The average molecular weight is 378 g/mol. The largest absolute Gasteiger partial charge is 0.379 e. The summed E-state index contributed by atoms with van der Waals surface area (Å²) < 4.78 is 7.05. The highest BCUT2D eigenvalue weighted by Crippen LogP contribution is 2.19. The summed E-state index contributed by atoms with van der Waals surface area (Å²) in [6.45, 7) is 3.42. The van der Waals surface area contributed by atoms with Crippen molar-refractivity contribution in [2.24, 2.45) is 0 Å². The molecule has 1 aromatic carbocycles. The van der Waals surface area contributed by atoms with Crippen LogP contribution in [-0.2, 0) is 4.74 Å². The first-order valence-corrected chi connectivity index (χ1v) is 9.30. The smallest absolute Gasteiger partial charge is 0.273 e.